The van der Waals surface area contributed by atoms with Crippen molar-refractivity contribution in [3.63, 3.8) is 0 Å². The SMILES string of the molecule is CC(C(=O)OC(C)(C)C)C(O)c1ccc(O)cc1. The van der Waals surface area contributed by atoms with Crippen LogP contribution in [-0.2, 0) is 9.53 Å². The first kappa shape index (κ1) is 14.5. The highest BCUT2D eigenvalue weighted by atomic mass is 16.6. The molecule has 0 aliphatic carbocycles. The average molecular weight is 252 g/mol. The highest BCUT2D eigenvalue weighted by Gasteiger charge is 2.28. The molecule has 0 radical (unpaired) electrons. The second-order valence-electron chi connectivity index (χ2n) is 5.36. The summed E-state index contributed by atoms with van der Waals surface area (Å²) in [5.41, 5.74) is 0.00572. The van der Waals surface area contributed by atoms with Crippen molar-refractivity contribution in [2.75, 3.05) is 0 Å². The molecule has 0 aliphatic heterocycles. The minimum Gasteiger partial charge on any atom is -0.508 e. The quantitative estimate of drug-likeness (QED) is 0.811. The minimum atomic E-state index is -0.944. The van der Waals surface area contributed by atoms with Crippen LogP contribution in [0.15, 0.2) is 24.3 Å². The molecular weight excluding hydrogens is 232 g/mol. The lowest BCUT2D eigenvalue weighted by Crippen LogP contribution is -2.30. The Bertz CT molecular complexity index is 403. The lowest BCUT2D eigenvalue weighted by molar-refractivity contribution is -0.163. The Hall–Kier alpha value is -1.55. The Balaban J connectivity index is 2.74. The number of aromatic hydroxyl groups is 1. The van der Waals surface area contributed by atoms with E-state index in [-0.39, 0.29) is 5.75 Å². The van der Waals surface area contributed by atoms with Crippen molar-refractivity contribution in [2.24, 2.45) is 5.92 Å². The number of hydrogen-bond acceptors (Lipinski definition) is 4. The molecule has 18 heavy (non-hydrogen) atoms. The predicted molar refractivity (Wildman–Crippen MR) is 68.1 cm³/mol. The number of carbonyl (C=O) groups is 1. The Labute approximate surface area is 107 Å². The predicted octanol–water partition coefficient (Wildman–Crippen LogP) is 2.40. The molecule has 0 bridgehead atoms. The summed E-state index contributed by atoms with van der Waals surface area (Å²) < 4.78 is 5.22. The van der Waals surface area contributed by atoms with Gasteiger partial charge in [-0.15, -0.1) is 0 Å². The number of phenols is 1. The Morgan fingerprint density at radius 3 is 2.17 bits per heavy atom. The van der Waals surface area contributed by atoms with Gasteiger partial charge >= 0.3 is 5.97 Å². The molecule has 4 heteroatoms. The molecule has 0 saturated carbocycles. The molecule has 1 rings (SSSR count). The summed E-state index contributed by atoms with van der Waals surface area (Å²) in [4.78, 5) is 11.8. The molecule has 4 nitrogen and oxygen atoms in total. The molecule has 100 valence electrons. The molecule has 0 aliphatic rings. The number of esters is 1. The smallest absolute Gasteiger partial charge is 0.312 e. The van der Waals surface area contributed by atoms with Gasteiger partial charge in [0.25, 0.3) is 0 Å². The van der Waals surface area contributed by atoms with Crippen molar-refractivity contribution in [3.8, 4) is 5.75 Å². The summed E-state index contributed by atoms with van der Waals surface area (Å²) in [6.45, 7) is 6.96. The highest BCUT2D eigenvalue weighted by Crippen LogP contribution is 2.25. The number of carbonyl (C=O) groups excluding carboxylic acids is 1. The first-order chi connectivity index (χ1) is 8.20. The van der Waals surface area contributed by atoms with Crippen molar-refractivity contribution in [2.45, 2.75) is 39.4 Å². The van der Waals surface area contributed by atoms with Crippen LogP contribution in [0.3, 0.4) is 0 Å². The van der Waals surface area contributed by atoms with Crippen LogP contribution in [0.5, 0.6) is 5.75 Å². The molecule has 2 N–H and O–H groups in total. The molecule has 0 amide bonds. The van der Waals surface area contributed by atoms with Gasteiger partial charge in [0, 0.05) is 0 Å². The van der Waals surface area contributed by atoms with Gasteiger partial charge in [-0.25, -0.2) is 0 Å². The van der Waals surface area contributed by atoms with Crippen LogP contribution in [0, 0.1) is 5.92 Å². The summed E-state index contributed by atoms with van der Waals surface area (Å²) in [6, 6.07) is 6.11. The van der Waals surface area contributed by atoms with Crippen LogP contribution in [-0.4, -0.2) is 21.8 Å². The number of benzene rings is 1. The van der Waals surface area contributed by atoms with E-state index in [0.29, 0.717) is 5.56 Å². The van der Waals surface area contributed by atoms with Gasteiger partial charge in [0.2, 0.25) is 0 Å². The van der Waals surface area contributed by atoms with Crippen molar-refractivity contribution < 1.29 is 19.7 Å². The lowest BCUT2D eigenvalue weighted by Gasteiger charge is -2.24. The van der Waals surface area contributed by atoms with Gasteiger partial charge in [-0.3, -0.25) is 4.79 Å². The second-order valence-corrected chi connectivity index (χ2v) is 5.36. The van der Waals surface area contributed by atoms with Crippen LogP contribution in [0.25, 0.3) is 0 Å². The van der Waals surface area contributed by atoms with Gasteiger partial charge in [0.05, 0.1) is 12.0 Å². The maximum atomic E-state index is 11.8. The van der Waals surface area contributed by atoms with E-state index in [4.69, 9.17) is 9.84 Å². The Morgan fingerprint density at radius 1 is 1.22 bits per heavy atom. The molecule has 2 unspecified atom stereocenters. The zero-order chi connectivity index (χ0) is 13.9. The van der Waals surface area contributed by atoms with E-state index in [2.05, 4.69) is 0 Å². The summed E-state index contributed by atoms with van der Waals surface area (Å²) in [6.07, 6.45) is -0.944. The van der Waals surface area contributed by atoms with E-state index in [1.807, 2.05) is 0 Å². The maximum Gasteiger partial charge on any atom is 0.312 e. The van der Waals surface area contributed by atoms with Crippen LogP contribution in [0.4, 0.5) is 0 Å². The number of phenolic OH excluding ortho intramolecular Hbond substituents is 1. The van der Waals surface area contributed by atoms with Crippen molar-refractivity contribution in [1.82, 2.24) is 0 Å². The van der Waals surface area contributed by atoms with Gasteiger partial charge in [-0.2, -0.15) is 0 Å². The molecule has 2 atom stereocenters. The molecule has 0 heterocycles. The molecule has 0 fully saturated rings. The summed E-state index contributed by atoms with van der Waals surface area (Å²) in [5, 5.41) is 19.2. The van der Waals surface area contributed by atoms with E-state index < -0.39 is 23.6 Å². The molecule has 1 aromatic carbocycles. The standard InChI is InChI=1S/C14H20O4/c1-9(13(17)18-14(2,3)4)12(16)10-5-7-11(15)8-6-10/h5-9,12,15-16H,1-4H3. The van der Waals surface area contributed by atoms with Gasteiger partial charge in [-0.1, -0.05) is 12.1 Å². The number of aliphatic hydroxyl groups excluding tert-OH is 1. The minimum absolute atomic E-state index is 0.121. The van der Waals surface area contributed by atoms with Crippen LogP contribution < -0.4 is 0 Å². The van der Waals surface area contributed by atoms with Crippen LogP contribution >= 0.6 is 0 Å². The molecule has 1 aromatic rings. The maximum absolute atomic E-state index is 11.8. The number of rotatable bonds is 3. The fourth-order valence-corrected chi connectivity index (χ4v) is 1.48. The van der Waals surface area contributed by atoms with Gasteiger partial charge in [0.15, 0.2) is 0 Å². The summed E-state index contributed by atoms with van der Waals surface area (Å²) in [7, 11) is 0. The van der Waals surface area contributed by atoms with Crippen LogP contribution in [0.2, 0.25) is 0 Å². The normalized spacial score (nSPS) is 14.9. The fraction of sp³-hybridized carbons (Fsp3) is 0.500. The van der Waals surface area contributed by atoms with Gasteiger partial charge in [-0.05, 0) is 45.4 Å². The highest BCUT2D eigenvalue weighted by molar-refractivity contribution is 5.73. The third-order valence-corrected chi connectivity index (χ3v) is 2.49. The zero-order valence-corrected chi connectivity index (χ0v) is 11.2. The first-order valence-corrected chi connectivity index (χ1v) is 5.90. The number of aliphatic hydroxyl groups is 1. The monoisotopic (exact) mass is 252 g/mol. The first-order valence-electron chi connectivity index (χ1n) is 5.90. The van der Waals surface area contributed by atoms with E-state index >= 15 is 0 Å². The molecule has 0 saturated heterocycles. The molecule has 0 spiro atoms. The average Bonchev–Trinajstić information content (AvgIpc) is 2.26. The van der Waals surface area contributed by atoms with Gasteiger partial charge in [0.1, 0.15) is 11.4 Å². The van der Waals surface area contributed by atoms with E-state index in [0.717, 1.165) is 0 Å². The molecule has 0 aromatic heterocycles. The van der Waals surface area contributed by atoms with E-state index in [1.54, 1.807) is 39.8 Å². The Kier molecular flexibility index (Phi) is 4.35. The zero-order valence-electron chi connectivity index (χ0n) is 11.2. The molecular formula is C14H20O4. The van der Waals surface area contributed by atoms with Crippen molar-refractivity contribution in [3.05, 3.63) is 29.8 Å². The largest absolute Gasteiger partial charge is 0.508 e. The third-order valence-electron chi connectivity index (χ3n) is 2.49. The Morgan fingerprint density at radius 2 is 1.72 bits per heavy atom. The van der Waals surface area contributed by atoms with Crippen molar-refractivity contribution in [1.29, 1.82) is 0 Å². The van der Waals surface area contributed by atoms with Gasteiger partial charge < -0.3 is 14.9 Å². The number of ether oxygens (including phenoxy) is 1. The lowest BCUT2D eigenvalue weighted by atomic mass is 9.97. The van der Waals surface area contributed by atoms with Crippen molar-refractivity contribution >= 4 is 5.97 Å². The van der Waals surface area contributed by atoms with E-state index in [1.165, 1.54) is 12.1 Å². The van der Waals surface area contributed by atoms with Crippen LogP contribution in [0.1, 0.15) is 39.4 Å². The number of hydrogen-bond donors (Lipinski definition) is 2. The second kappa shape index (κ2) is 5.40. The third kappa shape index (κ3) is 4.04. The fourth-order valence-electron chi connectivity index (χ4n) is 1.48. The summed E-state index contributed by atoms with van der Waals surface area (Å²) >= 11 is 0. The summed E-state index contributed by atoms with van der Waals surface area (Å²) in [5.74, 6) is -0.979. The van der Waals surface area contributed by atoms with E-state index in [9.17, 15) is 9.90 Å². The topological polar surface area (TPSA) is 66.8 Å².